The zero-order valence-electron chi connectivity index (χ0n) is 14.8. The second-order valence-electron chi connectivity index (χ2n) is 6.31. The Balaban J connectivity index is 1.74. The average Bonchev–Trinajstić information content (AvgIpc) is 3.10. The van der Waals surface area contributed by atoms with Crippen LogP contribution in [0.3, 0.4) is 0 Å². The van der Waals surface area contributed by atoms with Crippen molar-refractivity contribution in [3.05, 3.63) is 89.8 Å². The summed E-state index contributed by atoms with van der Waals surface area (Å²) < 4.78 is 5.38. The minimum Gasteiger partial charge on any atom is -0.443 e. The fourth-order valence-corrected chi connectivity index (χ4v) is 2.88. The molecule has 0 aliphatic rings. The molecule has 0 saturated heterocycles. The Kier molecular flexibility index (Phi) is 4.23. The van der Waals surface area contributed by atoms with Crippen LogP contribution in [0, 0.1) is 13.8 Å². The summed E-state index contributed by atoms with van der Waals surface area (Å²) in [6, 6.07) is 22.5. The molecule has 0 fully saturated rings. The van der Waals surface area contributed by atoms with Crippen LogP contribution >= 0.6 is 0 Å². The highest BCUT2D eigenvalue weighted by molar-refractivity contribution is 5.87. The van der Waals surface area contributed by atoms with Gasteiger partial charge in [0.05, 0.1) is 17.6 Å². The number of hydrogen-bond acceptors (Lipinski definition) is 4. The molecule has 26 heavy (non-hydrogen) atoms. The van der Waals surface area contributed by atoms with Crippen molar-refractivity contribution in [3.8, 4) is 0 Å². The summed E-state index contributed by atoms with van der Waals surface area (Å²) in [6.45, 7) is 4.17. The summed E-state index contributed by atoms with van der Waals surface area (Å²) >= 11 is 0. The molecule has 0 bridgehead atoms. The lowest BCUT2D eigenvalue weighted by molar-refractivity contribution is 0.602. The van der Waals surface area contributed by atoms with Crippen molar-refractivity contribution in [3.63, 3.8) is 0 Å². The predicted octanol–water partition coefficient (Wildman–Crippen LogP) is 5.62. The molecule has 0 saturated carbocycles. The molecule has 0 aliphatic heterocycles. The molecule has 0 unspecified atom stereocenters. The summed E-state index contributed by atoms with van der Waals surface area (Å²) in [6.07, 6.45) is 3.30. The van der Waals surface area contributed by atoms with E-state index >= 15 is 0 Å². The van der Waals surface area contributed by atoms with Crippen molar-refractivity contribution in [2.75, 3.05) is 5.01 Å². The minimum atomic E-state index is 0.756. The van der Waals surface area contributed by atoms with E-state index in [4.69, 9.17) is 9.52 Å². The first-order chi connectivity index (χ1) is 12.7. The molecule has 0 spiro atoms. The molecule has 0 amide bonds. The van der Waals surface area contributed by atoms with Crippen molar-refractivity contribution in [2.45, 2.75) is 13.8 Å². The molecular formula is C22H19N3O. The molecule has 0 atom stereocenters. The maximum Gasteiger partial charge on any atom is 0.181 e. The summed E-state index contributed by atoms with van der Waals surface area (Å²) in [5.74, 6) is 0. The van der Waals surface area contributed by atoms with Crippen LogP contribution in [0.4, 0.5) is 11.4 Å². The Hall–Kier alpha value is -3.40. The molecule has 4 nitrogen and oxygen atoms in total. The monoisotopic (exact) mass is 341 g/mol. The van der Waals surface area contributed by atoms with Gasteiger partial charge in [-0.1, -0.05) is 30.3 Å². The van der Waals surface area contributed by atoms with Gasteiger partial charge in [-0.25, -0.2) is 9.99 Å². The zero-order chi connectivity index (χ0) is 17.9. The molecular weight excluding hydrogens is 322 g/mol. The Morgan fingerprint density at radius 3 is 2.23 bits per heavy atom. The standard InChI is InChI=1S/C22H19N3O/c1-16-5-3-7-19(11-16)25(20-8-4-6-17(2)12-20)24-14-18-9-10-21-22(13-18)26-15-23-21/h3-15H,1-2H3. The normalized spacial score (nSPS) is 11.3. The predicted molar refractivity (Wildman–Crippen MR) is 106 cm³/mol. The van der Waals surface area contributed by atoms with E-state index in [0.29, 0.717) is 0 Å². The van der Waals surface area contributed by atoms with Crippen molar-refractivity contribution >= 4 is 28.7 Å². The van der Waals surface area contributed by atoms with Gasteiger partial charge < -0.3 is 4.42 Å². The molecule has 4 rings (SSSR count). The van der Waals surface area contributed by atoms with E-state index in [9.17, 15) is 0 Å². The highest BCUT2D eigenvalue weighted by Crippen LogP contribution is 2.27. The first kappa shape index (κ1) is 16.1. The van der Waals surface area contributed by atoms with Gasteiger partial charge in [-0.3, -0.25) is 0 Å². The van der Waals surface area contributed by atoms with Gasteiger partial charge in [0.25, 0.3) is 0 Å². The van der Waals surface area contributed by atoms with Crippen LogP contribution in [-0.4, -0.2) is 11.2 Å². The number of benzene rings is 3. The smallest absolute Gasteiger partial charge is 0.181 e. The average molecular weight is 341 g/mol. The van der Waals surface area contributed by atoms with E-state index in [1.54, 1.807) is 0 Å². The lowest BCUT2D eigenvalue weighted by atomic mass is 10.2. The van der Waals surface area contributed by atoms with Gasteiger partial charge in [0.2, 0.25) is 0 Å². The summed E-state index contributed by atoms with van der Waals surface area (Å²) in [7, 11) is 0. The van der Waals surface area contributed by atoms with Crippen LogP contribution in [0.2, 0.25) is 0 Å². The van der Waals surface area contributed by atoms with E-state index < -0.39 is 0 Å². The van der Waals surface area contributed by atoms with Gasteiger partial charge in [0.15, 0.2) is 12.0 Å². The second kappa shape index (κ2) is 6.84. The van der Waals surface area contributed by atoms with E-state index in [0.717, 1.165) is 28.0 Å². The molecule has 1 heterocycles. The van der Waals surface area contributed by atoms with Crippen LogP contribution in [0.1, 0.15) is 16.7 Å². The molecule has 1 aromatic heterocycles. The Morgan fingerprint density at radius 2 is 1.58 bits per heavy atom. The van der Waals surface area contributed by atoms with Crippen LogP contribution in [0.15, 0.2) is 82.6 Å². The highest BCUT2D eigenvalue weighted by Gasteiger charge is 2.08. The van der Waals surface area contributed by atoms with Crippen molar-refractivity contribution < 1.29 is 4.42 Å². The van der Waals surface area contributed by atoms with E-state index in [2.05, 4.69) is 55.2 Å². The van der Waals surface area contributed by atoms with Crippen molar-refractivity contribution in [1.82, 2.24) is 4.98 Å². The molecule has 4 aromatic rings. The third kappa shape index (κ3) is 3.35. The highest BCUT2D eigenvalue weighted by atomic mass is 16.3. The number of fused-ring (bicyclic) bond motifs is 1. The number of oxazole rings is 1. The minimum absolute atomic E-state index is 0.756. The van der Waals surface area contributed by atoms with Gasteiger partial charge in [-0.15, -0.1) is 0 Å². The Morgan fingerprint density at radius 1 is 0.885 bits per heavy atom. The van der Waals surface area contributed by atoms with Gasteiger partial charge in [0, 0.05) is 0 Å². The number of nitrogens with zero attached hydrogens (tertiary/aromatic N) is 3. The molecule has 0 N–H and O–H groups in total. The third-order valence-electron chi connectivity index (χ3n) is 4.17. The first-order valence-electron chi connectivity index (χ1n) is 8.50. The van der Waals surface area contributed by atoms with Gasteiger partial charge in [-0.2, -0.15) is 5.10 Å². The number of rotatable bonds is 4. The van der Waals surface area contributed by atoms with Gasteiger partial charge in [0.1, 0.15) is 5.52 Å². The number of hydrogen-bond donors (Lipinski definition) is 0. The van der Waals surface area contributed by atoms with E-state index in [1.165, 1.54) is 17.5 Å². The number of anilines is 2. The number of aromatic nitrogens is 1. The number of hydrazone groups is 1. The maximum absolute atomic E-state index is 5.38. The third-order valence-corrected chi connectivity index (χ3v) is 4.17. The lowest BCUT2D eigenvalue weighted by Gasteiger charge is -2.20. The van der Waals surface area contributed by atoms with Crippen molar-refractivity contribution in [1.29, 1.82) is 0 Å². The molecule has 4 heteroatoms. The Bertz CT molecular complexity index is 1040. The van der Waals surface area contributed by atoms with Crippen molar-refractivity contribution in [2.24, 2.45) is 5.10 Å². The molecule has 3 aromatic carbocycles. The van der Waals surface area contributed by atoms with Gasteiger partial charge >= 0.3 is 0 Å². The zero-order valence-corrected chi connectivity index (χ0v) is 14.8. The van der Waals surface area contributed by atoms with Crippen LogP contribution < -0.4 is 5.01 Å². The first-order valence-corrected chi connectivity index (χ1v) is 8.50. The summed E-state index contributed by atoms with van der Waals surface area (Å²) in [5, 5.41) is 6.70. The quantitative estimate of drug-likeness (QED) is 0.357. The summed E-state index contributed by atoms with van der Waals surface area (Å²) in [4.78, 5) is 4.15. The largest absolute Gasteiger partial charge is 0.443 e. The Labute approximate surface area is 152 Å². The topological polar surface area (TPSA) is 41.6 Å². The molecule has 0 radical (unpaired) electrons. The maximum atomic E-state index is 5.38. The van der Waals surface area contributed by atoms with Crippen LogP contribution in [0.25, 0.3) is 11.1 Å². The lowest BCUT2D eigenvalue weighted by Crippen LogP contribution is -2.09. The van der Waals surface area contributed by atoms with E-state index in [-0.39, 0.29) is 0 Å². The fraction of sp³-hybridized carbons (Fsp3) is 0.0909. The van der Waals surface area contributed by atoms with Crippen LogP contribution in [-0.2, 0) is 0 Å². The fourth-order valence-electron chi connectivity index (χ4n) is 2.88. The molecule has 128 valence electrons. The van der Waals surface area contributed by atoms with Crippen LogP contribution in [0.5, 0.6) is 0 Å². The molecule has 0 aliphatic carbocycles. The number of aryl methyl sites for hydroxylation is 2. The summed E-state index contributed by atoms with van der Waals surface area (Å²) in [5.41, 5.74) is 6.99. The SMILES string of the molecule is Cc1cccc(N(N=Cc2ccc3ncoc3c2)c2cccc(C)c2)c1. The van der Waals surface area contributed by atoms with E-state index in [1.807, 2.05) is 41.6 Å². The second-order valence-corrected chi connectivity index (χ2v) is 6.31. The van der Waals surface area contributed by atoms with Gasteiger partial charge in [-0.05, 0) is 66.9 Å².